The summed E-state index contributed by atoms with van der Waals surface area (Å²) in [6.45, 7) is 4.42. The Balaban J connectivity index is 1.90. The summed E-state index contributed by atoms with van der Waals surface area (Å²) < 4.78 is 0. The van der Waals surface area contributed by atoms with Crippen LogP contribution >= 0.6 is 0 Å². The van der Waals surface area contributed by atoms with E-state index in [0.29, 0.717) is 13.0 Å². The predicted octanol–water partition coefficient (Wildman–Crippen LogP) is 2.02. The highest BCUT2D eigenvalue weighted by molar-refractivity contribution is 5.87. The largest absolute Gasteiger partial charge is 0.391 e. The average Bonchev–Trinajstić information content (AvgIpc) is 2.90. The second-order valence-electron chi connectivity index (χ2n) is 5.34. The van der Waals surface area contributed by atoms with E-state index in [1.165, 1.54) is 0 Å². The summed E-state index contributed by atoms with van der Waals surface area (Å²) in [7, 11) is 0. The van der Waals surface area contributed by atoms with Crippen LogP contribution in [0.25, 0.3) is 11.0 Å². The number of rotatable bonds is 7. The summed E-state index contributed by atoms with van der Waals surface area (Å²) in [5.74, 6) is 0.160. The minimum Gasteiger partial charge on any atom is -0.391 e. The minimum atomic E-state index is -0.478. The van der Waals surface area contributed by atoms with Crippen molar-refractivity contribution in [3.8, 4) is 0 Å². The van der Waals surface area contributed by atoms with Crippen molar-refractivity contribution < 1.29 is 9.90 Å². The molecule has 2 heterocycles. The smallest absolute Gasteiger partial charge is 0.224 e. The highest BCUT2D eigenvalue weighted by atomic mass is 16.3. The van der Waals surface area contributed by atoms with Crippen molar-refractivity contribution in [2.45, 2.75) is 39.2 Å². The summed E-state index contributed by atoms with van der Waals surface area (Å²) in [5.41, 5.74) is 1.71. The van der Waals surface area contributed by atoms with Crippen molar-refractivity contribution in [3.63, 3.8) is 0 Å². The zero-order valence-corrected chi connectivity index (χ0v) is 12.6. The maximum Gasteiger partial charge on any atom is 0.224 e. The Labute approximate surface area is 124 Å². The Morgan fingerprint density at radius 2 is 2.19 bits per heavy atom. The highest BCUT2D eigenvalue weighted by Gasteiger charge is 2.16. The Morgan fingerprint density at radius 3 is 2.90 bits per heavy atom. The zero-order chi connectivity index (χ0) is 15.2. The molecule has 5 nitrogen and oxygen atoms in total. The fourth-order valence-electron chi connectivity index (χ4n) is 2.61. The number of hydrogen-bond donors (Lipinski definition) is 3. The molecular weight excluding hydrogens is 266 g/mol. The van der Waals surface area contributed by atoms with E-state index in [1.54, 1.807) is 6.20 Å². The molecule has 2 aromatic heterocycles. The Morgan fingerprint density at radius 1 is 1.43 bits per heavy atom. The van der Waals surface area contributed by atoms with Crippen molar-refractivity contribution in [2.24, 2.45) is 5.92 Å². The number of amides is 1. The lowest BCUT2D eigenvalue weighted by molar-refractivity contribution is -0.121. The van der Waals surface area contributed by atoms with Crippen LogP contribution in [-0.4, -0.2) is 33.6 Å². The number of carbonyl (C=O) groups excluding carboxylic acids is 1. The van der Waals surface area contributed by atoms with Crippen LogP contribution < -0.4 is 5.32 Å². The van der Waals surface area contributed by atoms with Gasteiger partial charge < -0.3 is 15.4 Å². The number of aliphatic hydroxyl groups excluding tert-OH is 1. The first-order valence-electron chi connectivity index (χ1n) is 7.51. The molecule has 0 aromatic carbocycles. The lowest BCUT2D eigenvalue weighted by Gasteiger charge is -2.20. The Bertz CT molecular complexity index is 590. The van der Waals surface area contributed by atoms with Crippen LogP contribution in [0.15, 0.2) is 24.5 Å². The number of aliphatic hydroxyl groups is 1. The molecule has 5 heteroatoms. The molecule has 0 saturated carbocycles. The first-order chi connectivity index (χ1) is 10.2. The fourth-order valence-corrected chi connectivity index (χ4v) is 2.61. The van der Waals surface area contributed by atoms with Crippen LogP contribution in [0.5, 0.6) is 0 Å². The monoisotopic (exact) mass is 289 g/mol. The van der Waals surface area contributed by atoms with E-state index in [9.17, 15) is 9.90 Å². The summed E-state index contributed by atoms with van der Waals surface area (Å²) in [4.78, 5) is 19.3. The maximum absolute atomic E-state index is 12.0. The molecule has 0 unspecified atom stereocenters. The lowest BCUT2D eigenvalue weighted by atomic mass is 9.96. The summed E-state index contributed by atoms with van der Waals surface area (Å²) in [5, 5.41) is 13.8. The van der Waals surface area contributed by atoms with Gasteiger partial charge in [0.05, 0.1) is 12.5 Å². The molecule has 0 fully saturated rings. The van der Waals surface area contributed by atoms with Gasteiger partial charge in [0.25, 0.3) is 0 Å². The molecular formula is C16H23N3O2. The molecule has 0 spiro atoms. The SMILES string of the molecule is CCC(CC)[C@@H](O)CNC(=O)Cc1c[nH]c2ncccc12. The minimum absolute atomic E-state index is 0.0789. The third-order valence-corrected chi connectivity index (χ3v) is 3.99. The number of aromatic nitrogens is 2. The van der Waals surface area contributed by atoms with Crippen molar-refractivity contribution >= 4 is 16.9 Å². The summed E-state index contributed by atoms with van der Waals surface area (Å²) in [6.07, 6.45) is 5.18. The zero-order valence-electron chi connectivity index (χ0n) is 12.6. The van der Waals surface area contributed by atoms with Gasteiger partial charge in [-0.05, 0) is 23.6 Å². The normalized spacial score (nSPS) is 12.8. The average molecular weight is 289 g/mol. The second kappa shape index (κ2) is 7.22. The number of nitrogens with zero attached hydrogens (tertiary/aromatic N) is 1. The third-order valence-electron chi connectivity index (χ3n) is 3.99. The number of fused-ring (bicyclic) bond motifs is 1. The molecule has 0 aliphatic rings. The molecule has 0 aliphatic heterocycles. The molecule has 21 heavy (non-hydrogen) atoms. The van der Waals surface area contributed by atoms with Crippen LogP contribution in [-0.2, 0) is 11.2 Å². The van der Waals surface area contributed by atoms with E-state index >= 15 is 0 Å². The van der Waals surface area contributed by atoms with Gasteiger partial charge in [0.1, 0.15) is 5.65 Å². The van der Waals surface area contributed by atoms with E-state index in [1.807, 2.05) is 18.3 Å². The van der Waals surface area contributed by atoms with Crippen LogP contribution in [0.4, 0.5) is 0 Å². The van der Waals surface area contributed by atoms with Gasteiger partial charge in [-0.3, -0.25) is 4.79 Å². The fraction of sp³-hybridized carbons (Fsp3) is 0.500. The predicted molar refractivity (Wildman–Crippen MR) is 82.9 cm³/mol. The number of pyridine rings is 1. The van der Waals surface area contributed by atoms with Gasteiger partial charge in [0.15, 0.2) is 0 Å². The topological polar surface area (TPSA) is 78.0 Å². The molecule has 0 saturated heterocycles. The molecule has 2 aromatic rings. The highest BCUT2D eigenvalue weighted by Crippen LogP contribution is 2.16. The molecule has 1 amide bonds. The van der Waals surface area contributed by atoms with E-state index < -0.39 is 6.10 Å². The number of H-pyrrole nitrogens is 1. The quantitative estimate of drug-likeness (QED) is 0.729. The molecule has 0 radical (unpaired) electrons. The third kappa shape index (κ3) is 3.82. The van der Waals surface area contributed by atoms with Crippen molar-refractivity contribution in [2.75, 3.05) is 6.54 Å². The van der Waals surface area contributed by atoms with Crippen LogP contribution in [0.2, 0.25) is 0 Å². The van der Waals surface area contributed by atoms with Crippen molar-refractivity contribution in [1.29, 1.82) is 0 Å². The lowest BCUT2D eigenvalue weighted by Crippen LogP contribution is -2.36. The van der Waals surface area contributed by atoms with Crippen LogP contribution in [0, 0.1) is 5.92 Å². The molecule has 1 atom stereocenters. The van der Waals surface area contributed by atoms with Crippen LogP contribution in [0.3, 0.4) is 0 Å². The molecule has 114 valence electrons. The second-order valence-corrected chi connectivity index (χ2v) is 5.34. The first kappa shape index (κ1) is 15.5. The number of carbonyl (C=O) groups is 1. The van der Waals surface area contributed by atoms with E-state index in [4.69, 9.17) is 0 Å². The van der Waals surface area contributed by atoms with Gasteiger partial charge in [-0.25, -0.2) is 4.98 Å². The van der Waals surface area contributed by atoms with Crippen LogP contribution in [0.1, 0.15) is 32.3 Å². The van der Waals surface area contributed by atoms with Crippen molar-refractivity contribution in [1.82, 2.24) is 15.3 Å². The first-order valence-corrected chi connectivity index (χ1v) is 7.51. The molecule has 0 aliphatic carbocycles. The molecule has 3 N–H and O–H groups in total. The van der Waals surface area contributed by atoms with Gasteiger partial charge in [-0.1, -0.05) is 26.7 Å². The van der Waals surface area contributed by atoms with E-state index in [-0.39, 0.29) is 11.8 Å². The number of aromatic amines is 1. The Hall–Kier alpha value is -1.88. The van der Waals surface area contributed by atoms with Gasteiger partial charge in [-0.15, -0.1) is 0 Å². The Kier molecular flexibility index (Phi) is 5.33. The number of nitrogens with one attached hydrogen (secondary N) is 2. The summed E-state index contributed by atoms with van der Waals surface area (Å²) >= 11 is 0. The van der Waals surface area contributed by atoms with Gasteiger partial charge in [0.2, 0.25) is 5.91 Å². The van der Waals surface area contributed by atoms with Gasteiger partial charge >= 0.3 is 0 Å². The maximum atomic E-state index is 12.0. The summed E-state index contributed by atoms with van der Waals surface area (Å²) in [6, 6.07) is 3.80. The van der Waals surface area contributed by atoms with E-state index in [2.05, 4.69) is 29.1 Å². The molecule has 0 bridgehead atoms. The van der Waals surface area contributed by atoms with Gasteiger partial charge in [-0.2, -0.15) is 0 Å². The van der Waals surface area contributed by atoms with E-state index in [0.717, 1.165) is 29.4 Å². The number of hydrogen-bond acceptors (Lipinski definition) is 3. The van der Waals surface area contributed by atoms with Gasteiger partial charge in [0, 0.05) is 24.3 Å². The molecule has 2 rings (SSSR count). The standard InChI is InChI=1S/C16H23N3O2/c1-3-11(4-2)14(20)10-18-15(21)8-12-9-19-16-13(12)6-5-7-17-16/h5-7,9,11,14,20H,3-4,8,10H2,1-2H3,(H,17,19)(H,18,21)/t14-/m0/s1. The van der Waals surface area contributed by atoms with Crippen molar-refractivity contribution in [3.05, 3.63) is 30.1 Å².